The maximum Gasteiger partial charge on any atom is 0.330 e. The molecule has 0 spiro atoms. The summed E-state index contributed by atoms with van der Waals surface area (Å²) >= 11 is 0. The fourth-order valence-electron chi connectivity index (χ4n) is 3.26. The highest BCUT2D eigenvalue weighted by atomic mass is 16.5. The maximum atomic E-state index is 13.2. The third-order valence-corrected chi connectivity index (χ3v) is 4.81. The van der Waals surface area contributed by atoms with Crippen LogP contribution in [0.25, 0.3) is 0 Å². The van der Waals surface area contributed by atoms with Gasteiger partial charge in [-0.05, 0) is 24.1 Å². The van der Waals surface area contributed by atoms with Crippen LogP contribution in [0, 0.1) is 0 Å². The van der Waals surface area contributed by atoms with Crippen molar-refractivity contribution >= 4 is 17.4 Å². The van der Waals surface area contributed by atoms with Gasteiger partial charge in [-0.15, -0.1) is 0 Å². The van der Waals surface area contributed by atoms with E-state index in [0.29, 0.717) is 18.7 Å². The molecule has 3 aromatic rings. The molecular formula is C21H25N5O4. The number of nitrogens with zero attached hydrogens (tertiary/aromatic N) is 3. The zero-order chi connectivity index (χ0) is 21.7. The molecule has 0 fully saturated rings. The summed E-state index contributed by atoms with van der Waals surface area (Å²) in [5.41, 5.74) is 6.12. The Morgan fingerprint density at radius 3 is 2.53 bits per heavy atom. The van der Waals surface area contributed by atoms with Crippen LogP contribution in [-0.2, 0) is 18.3 Å². The van der Waals surface area contributed by atoms with Gasteiger partial charge in [0, 0.05) is 33.5 Å². The van der Waals surface area contributed by atoms with E-state index >= 15 is 0 Å². The SMILES string of the molecule is COCCCN(C(=O)c1cccn1C)c1c(N)n(Cc2ccccc2)c(=O)[nH]c1=O. The second-order valence-electron chi connectivity index (χ2n) is 6.87. The molecule has 0 atom stereocenters. The number of nitrogen functional groups attached to an aromatic ring is 1. The molecule has 158 valence electrons. The number of carbonyl (C=O) groups is 1. The third kappa shape index (κ3) is 4.36. The normalized spacial score (nSPS) is 10.9. The highest BCUT2D eigenvalue weighted by Gasteiger charge is 2.26. The van der Waals surface area contributed by atoms with E-state index in [0.717, 1.165) is 5.56 Å². The van der Waals surface area contributed by atoms with Crippen molar-refractivity contribution in [1.82, 2.24) is 14.1 Å². The molecule has 0 aliphatic heterocycles. The average molecular weight is 411 g/mol. The molecule has 9 heteroatoms. The number of H-pyrrole nitrogens is 1. The van der Waals surface area contributed by atoms with Gasteiger partial charge in [-0.1, -0.05) is 30.3 Å². The molecule has 30 heavy (non-hydrogen) atoms. The van der Waals surface area contributed by atoms with Gasteiger partial charge in [0.2, 0.25) is 0 Å². The number of carbonyl (C=O) groups excluding carboxylic acids is 1. The minimum atomic E-state index is -0.707. The number of rotatable bonds is 8. The molecule has 0 saturated heterocycles. The Balaban J connectivity index is 2.09. The van der Waals surface area contributed by atoms with Gasteiger partial charge in [0.1, 0.15) is 11.5 Å². The first kappa shape index (κ1) is 21.1. The molecule has 0 bridgehead atoms. The molecular weight excluding hydrogens is 386 g/mol. The summed E-state index contributed by atoms with van der Waals surface area (Å²) in [5, 5.41) is 0. The van der Waals surface area contributed by atoms with Gasteiger partial charge < -0.3 is 15.0 Å². The van der Waals surface area contributed by atoms with E-state index in [2.05, 4.69) is 4.98 Å². The van der Waals surface area contributed by atoms with Crippen LogP contribution in [-0.4, -0.2) is 40.3 Å². The van der Waals surface area contributed by atoms with E-state index in [9.17, 15) is 14.4 Å². The van der Waals surface area contributed by atoms with Gasteiger partial charge in [-0.2, -0.15) is 0 Å². The number of hydrogen-bond donors (Lipinski definition) is 2. The Bertz CT molecular complexity index is 1130. The summed E-state index contributed by atoms with van der Waals surface area (Å²) in [6.07, 6.45) is 2.23. The summed E-state index contributed by atoms with van der Waals surface area (Å²) in [5.74, 6) is -0.451. The number of nitrogens with two attached hydrogens (primary N) is 1. The first-order valence-corrected chi connectivity index (χ1v) is 9.52. The predicted molar refractivity (Wildman–Crippen MR) is 115 cm³/mol. The minimum Gasteiger partial charge on any atom is -0.385 e. The van der Waals surface area contributed by atoms with E-state index in [1.165, 1.54) is 9.47 Å². The number of anilines is 2. The quantitative estimate of drug-likeness (QED) is 0.540. The van der Waals surface area contributed by atoms with E-state index in [1.54, 1.807) is 37.1 Å². The van der Waals surface area contributed by atoms with Crippen molar-refractivity contribution in [3.8, 4) is 0 Å². The van der Waals surface area contributed by atoms with Crippen molar-refractivity contribution in [3.05, 3.63) is 80.8 Å². The lowest BCUT2D eigenvalue weighted by molar-refractivity contribution is 0.0975. The summed E-state index contributed by atoms with van der Waals surface area (Å²) in [6.45, 7) is 0.770. The Kier molecular flexibility index (Phi) is 6.53. The van der Waals surface area contributed by atoms with E-state index in [4.69, 9.17) is 10.5 Å². The number of aromatic amines is 1. The lowest BCUT2D eigenvalue weighted by atomic mass is 10.2. The molecule has 3 rings (SSSR count). The number of methoxy groups -OCH3 is 1. The molecule has 0 aliphatic rings. The van der Waals surface area contributed by atoms with Crippen molar-refractivity contribution in [1.29, 1.82) is 0 Å². The smallest absolute Gasteiger partial charge is 0.330 e. The highest BCUT2D eigenvalue weighted by molar-refractivity contribution is 6.06. The Hall–Kier alpha value is -3.59. The van der Waals surface area contributed by atoms with E-state index < -0.39 is 11.2 Å². The van der Waals surface area contributed by atoms with Crippen molar-refractivity contribution in [2.45, 2.75) is 13.0 Å². The summed E-state index contributed by atoms with van der Waals surface area (Å²) in [6, 6.07) is 12.7. The molecule has 1 aromatic carbocycles. The van der Waals surface area contributed by atoms with Crippen LogP contribution in [0.1, 0.15) is 22.5 Å². The zero-order valence-electron chi connectivity index (χ0n) is 17.0. The van der Waals surface area contributed by atoms with E-state index in [-0.39, 0.29) is 30.5 Å². The second kappa shape index (κ2) is 9.27. The Morgan fingerprint density at radius 1 is 1.17 bits per heavy atom. The molecule has 0 aliphatic carbocycles. The van der Waals surface area contributed by atoms with Gasteiger partial charge in [0.15, 0.2) is 5.69 Å². The van der Waals surface area contributed by atoms with Crippen LogP contribution in [0.3, 0.4) is 0 Å². The number of nitrogens with one attached hydrogen (secondary N) is 1. The Morgan fingerprint density at radius 2 is 1.90 bits per heavy atom. The number of hydrogen-bond acceptors (Lipinski definition) is 5. The minimum absolute atomic E-state index is 0.0483. The van der Waals surface area contributed by atoms with Crippen molar-refractivity contribution in [3.63, 3.8) is 0 Å². The van der Waals surface area contributed by atoms with Gasteiger partial charge in [-0.25, -0.2) is 4.79 Å². The fourth-order valence-corrected chi connectivity index (χ4v) is 3.26. The van der Waals surface area contributed by atoms with Crippen LogP contribution in [0.15, 0.2) is 58.3 Å². The predicted octanol–water partition coefficient (Wildman–Crippen LogP) is 1.19. The van der Waals surface area contributed by atoms with Crippen LogP contribution >= 0.6 is 0 Å². The number of aryl methyl sites for hydroxylation is 1. The van der Waals surface area contributed by atoms with Gasteiger partial charge in [0.25, 0.3) is 11.5 Å². The zero-order valence-corrected chi connectivity index (χ0v) is 17.0. The van der Waals surface area contributed by atoms with Crippen LogP contribution in [0.4, 0.5) is 11.5 Å². The molecule has 0 saturated carbocycles. The number of amides is 1. The van der Waals surface area contributed by atoms with Crippen LogP contribution in [0.2, 0.25) is 0 Å². The number of benzene rings is 1. The first-order chi connectivity index (χ1) is 14.4. The monoisotopic (exact) mass is 411 g/mol. The second-order valence-corrected chi connectivity index (χ2v) is 6.87. The fraction of sp³-hybridized carbons (Fsp3) is 0.286. The largest absolute Gasteiger partial charge is 0.385 e. The highest BCUT2D eigenvalue weighted by Crippen LogP contribution is 2.20. The molecule has 1 amide bonds. The summed E-state index contributed by atoms with van der Waals surface area (Å²) in [4.78, 5) is 42.0. The average Bonchev–Trinajstić information content (AvgIpc) is 3.16. The summed E-state index contributed by atoms with van der Waals surface area (Å²) < 4.78 is 8.01. The van der Waals surface area contributed by atoms with Crippen LogP contribution in [0.5, 0.6) is 0 Å². The molecule has 0 radical (unpaired) electrons. The van der Waals surface area contributed by atoms with Gasteiger partial charge in [-0.3, -0.25) is 24.0 Å². The Labute approximate surface area is 173 Å². The van der Waals surface area contributed by atoms with Crippen LogP contribution < -0.4 is 21.9 Å². The summed E-state index contributed by atoms with van der Waals surface area (Å²) in [7, 11) is 3.30. The van der Waals surface area contributed by atoms with Gasteiger partial charge in [0.05, 0.1) is 6.54 Å². The first-order valence-electron chi connectivity index (χ1n) is 9.52. The molecule has 9 nitrogen and oxygen atoms in total. The topological polar surface area (TPSA) is 115 Å². The standard InChI is InChI=1S/C21H25N5O4/c1-24-11-6-10-16(24)20(28)25(12-7-13-30-2)17-18(22)26(21(29)23-19(17)27)14-15-8-4-3-5-9-15/h3-6,8-11H,7,12-14,22H2,1-2H3,(H,23,27,29). The van der Waals surface area contributed by atoms with Gasteiger partial charge >= 0.3 is 5.69 Å². The lowest BCUT2D eigenvalue weighted by Crippen LogP contribution is -2.42. The maximum absolute atomic E-state index is 13.2. The van der Waals surface area contributed by atoms with Crippen molar-refractivity contribution in [2.24, 2.45) is 7.05 Å². The number of ether oxygens (including phenoxy) is 1. The molecule has 3 N–H and O–H groups in total. The van der Waals surface area contributed by atoms with E-state index in [1.807, 2.05) is 30.3 Å². The number of aromatic nitrogens is 3. The molecule has 0 unspecified atom stereocenters. The molecule has 2 heterocycles. The molecule has 2 aromatic heterocycles. The van der Waals surface area contributed by atoms with Crippen molar-refractivity contribution < 1.29 is 9.53 Å². The lowest BCUT2D eigenvalue weighted by Gasteiger charge is -2.24. The third-order valence-electron chi connectivity index (χ3n) is 4.81. The van der Waals surface area contributed by atoms with Crippen molar-refractivity contribution in [2.75, 3.05) is 30.9 Å².